The number of benzene rings is 1. The van der Waals surface area contributed by atoms with Gasteiger partial charge in [-0.05, 0) is 36.5 Å². The van der Waals surface area contributed by atoms with Gasteiger partial charge in [-0.2, -0.15) is 0 Å². The Labute approximate surface area is 110 Å². The highest BCUT2D eigenvalue weighted by atomic mass is 35.5. The van der Waals surface area contributed by atoms with Crippen molar-refractivity contribution in [3.05, 3.63) is 35.0 Å². The number of halogens is 1. The number of carboxylic acid groups (broad SMARTS) is 1. The van der Waals surface area contributed by atoms with Crippen LogP contribution in [0.1, 0.15) is 24.3 Å². The largest absolute Gasteiger partial charge is 0.481 e. The Balaban J connectivity index is 2.25. The van der Waals surface area contributed by atoms with Crippen LogP contribution in [0.3, 0.4) is 0 Å². The maximum atomic E-state index is 11.5. The Morgan fingerprint density at radius 2 is 2.22 bits per heavy atom. The first-order chi connectivity index (χ1) is 8.59. The fraction of sp³-hybridized carbons (Fsp3) is 0.357. The number of hydrogen-bond donors (Lipinski definition) is 1. The molecule has 1 unspecified atom stereocenters. The molecule has 1 saturated carbocycles. The average molecular weight is 264 g/mol. The predicted octanol–water partition coefficient (Wildman–Crippen LogP) is 3.41. The molecule has 1 atom stereocenters. The zero-order valence-corrected chi connectivity index (χ0v) is 10.8. The lowest BCUT2D eigenvalue weighted by Gasteiger charge is -2.10. The van der Waals surface area contributed by atoms with Crippen molar-refractivity contribution in [1.29, 1.82) is 0 Å². The van der Waals surface area contributed by atoms with Crippen LogP contribution in [0.4, 0.5) is 0 Å². The van der Waals surface area contributed by atoms with E-state index >= 15 is 0 Å². The molecule has 3 nitrogen and oxygen atoms in total. The number of fused-ring (bicyclic) bond motifs is 1. The number of aryl methyl sites for hydroxylation is 1. The minimum atomic E-state index is -0.745. The van der Waals surface area contributed by atoms with Gasteiger partial charge in [0.05, 0.1) is 10.9 Å². The Morgan fingerprint density at radius 1 is 1.50 bits per heavy atom. The monoisotopic (exact) mass is 263 g/mol. The number of carbonyl (C=O) groups is 1. The Kier molecular flexibility index (Phi) is 2.59. The van der Waals surface area contributed by atoms with E-state index in [2.05, 4.69) is 0 Å². The summed E-state index contributed by atoms with van der Waals surface area (Å²) in [4.78, 5) is 11.5. The van der Waals surface area contributed by atoms with Gasteiger partial charge in [0.15, 0.2) is 0 Å². The Morgan fingerprint density at radius 3 is 2.83 bits per heavy atom. The quantitative estimate of drug-likeness (QED) is 0.922. The Hall–Kier alpha value is -1.48. The highest BCUT2D eigenvalue weighted by molar-refractivity contribution is 6.35. The van der Waals surface area contributed by atoms with Crippen molar-refractivity contribution in [2.24, 2.45) is 13.0 Å². The molecule has 0 amide bonds. The summed E-state index contributed by atoms with van der Waals surface area (Å²) in [5.74, 6) is -0.900. The van der Waals surface area contributed by atoms with Gasteiger partial charge >= 0.3 is 5.97 Å². The standard InChI is InChI=1S/C14H14ClNO2/c1-16-7-9(12(14(17)18)8-5-6-8)13-10(15)3-2-4-11(13)16/h2-4,7-8,12H,5-6H2,1H3,(H,17,18). The molecule has 1 aliphatic rings. The second-order valence-electron chi connectivity index (χ2n) is 4.98. The van der Waals surface area contributed by atoms with Crippen molar-refractivity contribution in [2.45, 2.75) is 18.8 Å². The van der Waals surface area contributed by atoms with Gasteiger partial charge < -0.3 is 9.67 Å². The number of nitrogens with zero attached hydrogens (tertiary/aromatic N) is 1. The van der Waals surface area contributed by atoms with Crippen LogP contribution >= 0.6 is 11.6 Å². The molecule has 0 radical (unpaired) electrons. The van der Waals surface area contributed by atoms with E-state index in [0.29, 0.717) is 5.02 Å². The van der Waals surface area contributed by atoms with Gasteiger partial charge in [0.1, 0.15) is 0 Å². The normalized spacial score (nSPS) is 17.0. The molecule has 2 aromatic rings. The van der Waals surface area contributed by atoms with E-state index in [1.165, 1.54) is 0 Å². The van der Waals surface area contributed by atoms with Gasteiger partial charge in [0, 0.05) is 24.1 Å². The third-order valence-corrected chi connectivity index (χ3v) is 4.00. The van der Waals surface area contributed by atoms with Crippen LogP contribution in [0.25, 0.3) is 10.9 Å². The summed E-state index contributed by atoms with van der Waals surface area (Å²) in [5, 5.41) is 11.0. The van der Waals surface area contributed by atoms with E-state index in [4.69, 9.17) is 11.6 Å². The molecule has 1 aromatic heterocycles. The fourth-order valence-electron chi connectivity index (χ4n) is 2.69. The first-order valence-corrected chi connectivity index (χ1v) is 6.43. The summed E-state index contributed by atoms with van der Waals surface area (Å²) in [6.45, 7) is 0. The van der Waals surface area contributed by atoms with Crippen LogP contribution in [-0.4, -0.2) is 15.6 Å². The lowest BCUT2D eigenvalue weighted by Crippen LogP contribution is -2.13. The molecule has 1 heterocycles. The molecule has 0 aliphatic heterocycles. The highest BCUT2D eigenvalue weighted by Gasteiger charge is 2.39. The lowest BCUT2D eigenvalue weighted by molar-refractivity contribution is -0.139. The molecule has 18 heavy (non-hydrogen) atoms. The molecular weight excluding hydrogens is 250 g/mol. The van der Waals surface area contributed by atoms with E-state index in [9.17, 15) is 9.90 Å². The van der Waals surface area contributed by atoms with Gasteiger partial charge in [0.2, 0.25) is 0 Å². The zero-order chi connectivity index (χ0) is 12.9. The smallest absolute Gasteiger partial charge is 0.311 e. The minimum Gasteiger partial charge on any atom is -0.481 e. The molecule has 0 bridgehead atoms. The molecule has 1 fully saturated rings. The van der Waals surface area contributed by atoms with E-state index in [1.807, 2.05) is 36.0 Å². The van der Waals surface area contributed by atoms with Crippen LogP contribution in [0.5, 0.6) is 0 Å². The molecule has 0 spiro atoms. The van der Waals surface area contributed by atoms with Crippen molar-refractivity contribution in [3.63, 3.8) is 0 Å². The SMILES string of the molecule is Cn1cc(C(C(=O)O)C2CC2)c2c(Cl)cccc21. The first kappa shape index (κ1) is 11.6. The minimum absolute atomic E-state index is 0.268. The molecule has 4 heteroatoms. The third-order valence-electron chi connectivity index (χ3n) is 3.69. The molecule has 0 saturated heterocycles. The van der Waals surface area contributed by atoms with E-state index in [0.717, 1.165) is 29.3 Å². The van der Waals surface area contributed by atoms with E-state index < -0.39 is 11.9 Å². The molecular formula is C14H14ClNO2. The molecule has 94 valence electrons. The van der Waals surface area contributed by atoms with Crippen LogP contribution in [0.2, 0.25) is 5.02 Å². The van der Waals surface area contributed by atoms with Crippen LogP contribution < -0.4 is 0 Å². The number of rotatable bonds is 3. The second-order valence-corrected chi connectivity index (χ2v) is 5.39. The second kappa shape index (κ2) is 4.02. The van der Waals surface area contributed by atoms with E-state index in [-0.39, 0.29) is 5.92 Å². The van der Waals surface area contributed by atoms with Crippen molar-refractivity contribution >= 4 is 28.5 Å². The summed E-state index contributed by atoms with van der Waals surface area (Å²) >= 11 is 6.24. The molecule has 1 N–H and O–H groups in total. The third kappa shape index (κ3) is 1.70. The first-order valence-electron chi connectivity index (χ1n) is 6.06. The average Bonchev–Trinajstić information content (AvgIpc) is 3.06. The summed E-state index contributed by atoms with van der Waals surface area (Å²) in [6.07, 6.45) is 3.91. The van der Waals surface area contributed by atoms with Gasteiger partial charge in [-0.15, -0.1) is 0 Å². The highest BCUT2D eigenvalue weighted by Crippen LogP contribution is 2.46. The maximum Gasteiger partial charge on any atom is 0.311 e. The van der Waals surface area contributed by atoms with Crippen LogP contribution in [-0.2, 0) is 11.8 Å². The topological polar surface area (TPSA) is 42.2 Å². The van der Waals surface area contributed by atoms with Gasteiger partial charge in [0.25, 0.3) is 0 Å². The molecule has 1 aliphatic carbocycles. The van der Waals surface area contributed by atoms with E-state index in [1.54, 1.807) is 0 Å². The summed E-state index contributed by atoms with van der Waals surface area (Å²) in [7, 11) is 1.92. The van der Waals surface area contributed by atoms with Crippen molar-refractivity contribution in [3.8, 4) is 0 Å². The van der Waals surface area contributed by atoms with Crippen molar-refractivity contribution in [2.75, 3.05) is 0 Å². The summed E-state index contributed by atoms with van der Waals surface area (Å²) < 4.78 is 1.95. The summed E-state index contributed by atoms with van der Waals surface area (Å²) in [6, 6.07) is 5.68. The van der Waals surface area contributed by atoms with Crippen molar-refractivity contribution < 1.29 is 9.90 Å². The lowest BCUT2D eigenvalue weighted by atomic mass is 9.94. The van der Waals surface area contributed by atoms with Gasteiger partial charge in [-0.1, -0.05) is 17.7 Å². The van der Waals surface area contributed by atoms with Crippen LogP contribution in [0, 0.1) is 5.92 Å². The van der Waals surface area contributed by atoms with Crippen molar-refractivity contribution in [1.82, 2.24) is 4.57 Å². The molecule has 3 rings (SSSR count). The maximum absolute atomic E-state index is 11.5. The number of hydrogen-bond acceptors (Lipinski definition) is 1. The number of aliphatic carboxylic acids is 1. The number of carboxylic acids is 1. The van der Waals surface area contributed by atoms with Gasteiger partial charge in [-0.3, -0.25) is 4.79 Å². The predicted molar refractivity (Wildman–Crippen MR) is 71.0 cm³/mol. The fourth-order valence-corrected chi connectivity index (χ4v) is 2.97. The zero-order valence-electron chi connectivity index (χ0n) is 10.1. The van der Waals surface area contributed by atoms with Gasteiger partial charge in [-0.25, -0.2) is 0 Å². The summed E-state index contributed by atoms with van der Waals surface area (Å²) in [5.41, 5.74) is 1.84. The molecule has 1 aromatic carbocycles. The number of aromatic nitrogens is 1. The Bertz CT molecular complexity index is 628. The van der Waals surface area contributed by atoms with Crippen LogP contribution in [0.15, 0.2) is 24.4 Å².